The van der Waals surface area contributed by atoms with Crippen LogP contribution in [-0.4, -0.2) is 49.5 Å². The van der Waals surface area contributed by atoms with Crippen molar-refractivity contribution in [2.75, 3.05) is 13.4 Å². The first kappa shape index (κ1) is 21.6. The van der Waals surface area contributed by atoms with Crippen LogP contribution < -0.4 is 9.97 Å². The van der Waals surface area contributed by atoms with E-state index in [2.05, 4.69) is 10.1 Å². The third-order valence-corrected chi connectivity index (χ3v) is 4.09. The lowest BCUT2D eigenvalue weighted by molar-refractivity contribution is -0.121. The van der Waals surface area contributed by atoms with Gasteiger partial charge in [0.2, 0.25) is 12.7 Å². The van der Waals surface area contributed by atoms with Crippen molar-refractivity contribution in [3.05, 3.63) is 29.3 Å². The molecule has 0 aromatic heterocycles. The number of benzene rings is 1. The Bertz CT molecular complexity index is 711. The number of amides is 1. The Morgan fingerprint density at radius 3 is 2.75 bits per heavy atom. The number of esters is 1. The summed E-state index contributed by atoms with van der Waals surface area (Å²) < 4.78 is 19.8. The monoisotopic (exact) mass is 393 g/mol. The molecule has 0 aliphatic carbocycles. The zero-order valence-electron chi connectivity index (χ0n) is 15.9. The van der Waals surface area contributed by atoms with E-state index in [0.717, 1.165) is 6.42 Å². The summed E-state index contributed by atoms with van der Waals surface area (Å²) in [6.45, 7) is 3.28. The molecule has 1 aromatic carbocycles. The molecule has 152 valence electrons. The maximum absolute atomic E-state index is 12.3. The van der Waals surface area contributed by atoms with Crippen molar-refractivity contribution in [3.8, 4) is 5.75 Å². The third-order valence-electron chi connectivity index (χ3n) is 4.09. The summed E-state index contributed by atoms with van der Waals surface area (Å²) in [5.74, 6) is -1.43. The van der Waals surface area contributed by atoms with Crippen LogP contribution in [0, 0.1) is 0 Å². The van der Waals surface area contributed by atoms with Crippen molar-refractivity contribution < 1.29 is 38.3 Å². The van der Waals surface area contributed by atoms with Gasteiger partial charge in [-0.2, -0.15) is 0 Å². The molecule has 0 saturated heterocycles. The molecule has 0 spiro atoms. The minimum atomic E-state index is -1.30. The van der Waals surface area contributed by atoms with Gasteiger partial charge in [0.25, 0.3) is 0 Å². The van der Waals surface area contributed by atoms with Crippen LogP contribution in [-0.2, 0) is 25.4 Å². The molecule has 0 saturated carbocycles. The highest BCUT2D eigenvalue weighted by Gasteiger charge is 2.37. The average molecular weight is 393 g/mol. The normalized spacial score (nSPS) is 15.1. The molecule has 2 N–H and O–H groups in total. The molecule has 1 atom stereocenters. The first-order valence-electron chi connectivity index (χ1n) is 9.18. The lowest BCUT2D eigenvalue weighted by atomic mass is 9.72. The molecule has 1 amide bonds. The Labute approximate surface area is 163 Å². The van der Waals surface area contributed by atoms with Crippen molar-refractivity contribution in [1.82, 2.24) is 5.32 Å². The fraction of sp³-hybridized carbons (Fsp3) is 0.500. The SMILES string of the molecule is CCCCOC(=O)OCOC(=O)c1cccc2c1OB(O)C(NC(=O)CC)C2. The molecule has 1 heterocycles. The molecule has 0 radical (unpaired) electrons. The second kappa shape index (κ2) is 10.6. The molecule has 0 bridgehead atoms. The van der Waals surface area contributed by atoms with E-state index in [1.165, 1.54) is 6.07 Å². The Hall–Kier alpha value is -2.75. The maximum atomic E-state index is 12.3. The average Bonchev–Trinajstić information content (AvgIpc) is 2.68. The number of rotatable bonds is 8. The highest BCUT2D eigenvalue weighted by molar-refractivity contribution is 6.47. The number of nitrogens with one attached hydrogen (secondary N) is 1. The fourth-order valence-corrected chi connectivity index (χ4v) is 2.57. The van der Waals surface area contributed by atoms with Gasteiger partial charge < -0.3 is 29.2 Å². The summed E-state index contributed by atoms with van der Waals surface area (Å²) in [7, 11) is -1.30. The van der Waals surface area contributed by atoms with Gasteiger partial charge in [0.05, 0.1) is 12.5 Å². The number of carbonyl (C=O) groups is 3. The largest absolute Gasteiger partial charge is 0.547 e. The van der Waals surface area contributed by atoms with E-state index >= 15 is 0 Å². The van der Waals surface area contributed by atoms with E-state index in [-0.39, 0.29) is 30.2 Å². The van der Waals surface area contributed by atoms with Crippen molar-refractivity contribution in [2.24, 2.45) is 0 Å². The second-order valence-corrected chi connectivity index (χ2v) is 6.18. The van der Waals surface area contributed by atoms with Crippen molar-refractivity contribution in [1.29, 1.82) is 0 Å². The van der Waals surface area contributed by atoms with E-state index in [9.17, 15) is 19.4 Å². The number of hydrogen-bond acceptors (Lipinski definition) is 8. The highest BCUT2D eigenvalue weighted by Crippen LogP contribution is 2.30. The van der Waals surface area contributed by atoms with Crippen molar-refractivity contribution in [3.63, 3.8) is 0 Å². The highest BCUT2D eigenvalue weighted by atomic mass is 16.8. The van der Waals surface area contributed by atoms with Crippen LogP contribution in [0.1, 0.15) is 49.0 Å². The van der Waals surface area contributed by atoms with Gasteiger partial charge in [0, 0.05) is 6.42 Å². The second-order valence-electron chi connectivity index (χ2n) is 6.18. The van der Waals surface area contributed by atoms with E-state index < -0.39 is 32.0 Å². The van der Waals surface area contributed by atoms with Crippen LogP contribution in [0.25, 0.3) is 0 Å². The number of hydrogen-bond donors (Lipinski definition) is 2. The predicted octanol–water partition coefficient (Wildman–Crippen LogP) is 1.60. The molecule has 1 aromatic rings. The fourth-order valence-electron chi connectivity index (χ4n) is 2.57. The number of para-hydroxylation sites is 1. The topological polar surface area (TPSA) is 120 Å². The molecule has 1 aliphatic heterocycles. The summed E-state index contributed by atoms with van der Waals surface area (Å²) in [6.07, 6.45) is 1.24. The molecular formula is C18H24BNO8. The Balaban J connectivity index is 1.95. The summed E-state index contributed by atoms with van der Waals surface area (Å²) >= 11 is 0. The van der Waals surface area contributed by atoms with Crippen LogP contribution >= 0.6 is 0 Å². The molecule has 10 heteroatoms. The lowest BCUT2D eigenvalue weighted by Crippen LogP contribution is -2.53. The molecule has 1 aliphatic rings. The van der Waals surface area contributed by atoms with Gasteiger partial charge >= 0.3 is 19.2 Å². The zero-order valence-corrected chi connectivity index (χ0v) is 15.9. The van der Waals surface area contributed by atoms with Gasteiger partial charge in [-0.3, -0.25) is 4.79 Å². The van der Waals surface area contributed by atoms with Gasteiger partial charge in [0.15, 0.2) is 0 Å². The number of fused-ring (bicyclic) bond motifs is 1. The molecule has 2 rings (SSSR count). The van der Waals surface area contributed by atoms with Gasteiger partial charge in [-0.05, 0) is 24.5 Å². The smallest absolute Gasteiger partial charge is 0.534 e. The molecule has 1 unspecified atom stereocenters. The summed E-state index contributed by atoms with van der Waals surface area (Å²) in [6, 6.07) is 4.83. The Kier molecular flexibility index (Phi) is 8.12. The van der Waals surface area contributed by atoms with Crippen molar-refractivity contribution >= 4 is 25.2 Å². The molecule has 9 nitrogen and oxygen atoms in total. The zero-order chi connectivity index (χ0) is 20.5. The van der Waals surface area contributed by atoms with E-state index in [1.54, 1.807) is 19.1 Å². The standard InChI is InChI=1S/C18H24BNO8/c1-3-5-9-25-18(23)27-11-26-17(22)13-8-6-7-12-10-14(20-15(21)4-2)19(24)28-16(12)13/h6-8,14,24H,3-5,9-11H2,1-2H3,(H,20,21). The van der Waals surface area contributed by atoms with Gasteiger partial charge in [0.1, 0.15) is 11.3 Å². The quantitative estimate of drug-likeness (QED) is 0.296. The molecule has 28 heavy (non-hydrogen) atoms. The first-order valence-corrected chi connectivity index (χ1v) is 9.18. The van der Waals surface area contributed by atoms with E-state index in [0.29, 0.717) is 18.4 Å². The number of carbonyl (C=O) groups excluding carboxylic acids is 3. The van der Waals surface area contributed by atoms with Crippen LogP contribution in [0.2, 0.25) is 0 Å². The Morgan fingerprint density at radius 1 is 1.25 bits per heavy atom. The van der Waals surface area contributed by atoms with Gasteiger partial charge in [-0.1, -0.05) is 32.4 Å². The first-order chi connectivity index (χ1) is 13.5. The van der Waals surface area contributed by atoms with Crippen LogP contribution in [0.4, 0.5) is 4.79 Å². The van der Waals surface area contributed by atoms with Gasteiger partial charge in [-0.25, -0.2) is 9.59 Å². The summed E-state index contributed by atoms with van der Waals surface area (Å²) in [5, 5.41) is 12.8. The Morgan fingerprint density at radius 2 is 2.04 bits per heavy atom. The minimum Gasteiger partial charge on any atom is -0.534 e. The lowest BCUT2D eigenvalue weighted by Gasteiger charge is -2.29. The predicted molar refractivity (Wildman–Crippen MR) is 98.6 cm³/mol. The van der Waals surface area contributed by atoms with Crippen LogP contribution in [0.5, 0.6) is 5.75 Å². The minimum absolute atomic E-state index is 0.0831. The molecular weight excluding hydrogens is 369 g/mol. The maximum Gasteiger partial charge on any atom is 0.547 e. The summed E-state index contributed by atoms with van der Waals surface area (Å²) in [4.78, 5) is 35.2. The van der Waals surface area contributed by atoms with Crippen LogP contribution in [0.3, 0.4) is 0 Å². The van der Waals surface area contributed by atoms with Crippen molar-refractivity contribution in [2.45, 2.75) is 45.5 Å². The number of ether oxygens (including phenoxy) is 3. The molecule has 0 fully saturated rings. The van der Waals surface area contributed by atoms with E-state index in [1.807, 2.05) is 6.92 Å². The number of unbranched alkanes of at least 4 members (excludes halogenated alkanes) is 1. The van der Waals surface area contributed by atoms with Crippen LogP contribution in [0.15, 0.2) is 18.2 Å². The summed E-state index contributed by atoms with van der Waals surface area (Å²) in [5.41, 5.74) is 0.723. The van der Waals surface area contributed by atoms with Gasteiger partial charge in [-0.15, -0.1) is 0 Å². The van der Waals surface area contributed by atoms with E-state index in [4.69, 9.17) is 14.1 Å². The third kappa shape index (κ3) is 5.88.